The van der Waals surface area contributed by atoms with E-state index in [1.54, 1.807) is 31.2 Å². The predicted molar refractivity (Wildman–Crippen MR) is 93.3 cm³/mol. The first kappa shape index (κ1) is 16.9. The summed E-state index contributed by atoms with van der Waals surface area (Å²) in [4.78, 5) is 23.6. The van der Waals surface area contributed by atoms with Gasteiger partial charge in [0.1, 0.15) is 0 Å². The minimum absolute atomic E-state index is 0.138. The molecule has 0 heterocycles. The quantitative estimate of drug-likeness (QED) is 0.624. The third-order valence-electron chi connectivity index (χ3n) is 3.06. The molecule has 2 aromatic carbocycles. The van der Waals surface area contributed by atoms with Crippen molar-refractivity contribution in [2.75, 3.05) is 6.54 Å². The van der Waals surface area contributed by atoms with Crippen LogP contribution in [0.4, 0.5) is 0 Å². The average molecular weight is 374 g/mol. The number of carbonyl (C=O) groups is 2. The second kappa shape index (κ2) is 8.24. The molecule has 0 aliphatic rings. The Hall–Kier alpha value is -2.47. The Morgan fingerprint density at radius 2 is 1.65 bits per heavy atom. The predicted octanol–water partition coefficient (Wildman–Crippen LogP) is 2.72. The second-order valence-corrected chi connectivity index (χ2v) is 5.70. The van der Waals surface area contributed by atoms with Gasteiger partial charge in [-0.3, -0.25) is 9.59 Å². The zero-order valence-electron chi connectivity index (χ0n) is 12.5. The van der Waals surface area contributed by atoms with E-state index in [1.165, 1.54) is 0 Å². The van der Waals surface area contributed by atoms with Crippen molar-refractivity contribution in [2.24, 2.45) is 5.10 Å². The van der Waals surface area contributed by atoms with Crippen LogP contribution >= 0.6 is 15.9 Å². The van der Waals surface area contributed by atoms with Gasteiger partial charge in [-0.05, 0) is 36.8 Å². The van der Waals surface area contributed by atoms with Gasteiger partial charge >= 0.3 is 0 Å². The maximum Gasteiger partial charge on any atom is 0.259 e. The Balaban J connectivity index is 1.83. The highest BCUT2D eigenvalue weighted by Gasteiger charge is 2.07. The standard InChI is InChI=1S/C17H16BrN3O2/c1-12(13-5-3-2-4-6-13)20-21-16(22)11-19-17(23)14-7-9-15(18)10-8-14/h2-10H,11H2,1H3,(H,19,23)(H,21,22)/b20-12-. The number of nitrogens with one attached hydrogen (secondary N) is 2. The van der Waals surface area contributed by atoms with E-state index >= 15 is 0 Å². The molecule has 2 N–H and O–H groups in total. The Bertz CT molecular complexity index is 712. The van der Waals surface area contributed by atoms with Gasteiger partial charge in [-0.15, -0.1) is 0 Å². The molecule has 0 aliphatic heterocycles. The number of carbonyl (C=O) groups excluding carboxylic acids is 2. The Kier molecular flexibility index (Phi) is 6.05. The van der Waals surface area contributed by atoms with E-state index in [0.717, 1.165) is 10.0 Å². The number of rotatable bonds is 5. The topological polar surface area (TPSA) is 70.6 Å². The Labute approximate surface area is 142 Å². The van der Waals surface area contributed by atoms with Crippen LogP contribution in [0.5, 0.6) is 0 Å². The average Bonchev–Trinajstić information content (AvgIpc) is 2.59. The van der Waals surface area contributed by atoms with Crippen LogP contribution in [-0.2, 0) is 4.79 Å². The summed E-state index contributed by atoms with van der Waals surface area (Å²) in [6.07, 6.45) is 0. The fourth-order valence-electron chi connectivity index (χ4n) is 1.79. The van der Waals surface area contributed by atoms with Crippen molar-refractivity contribution in [2.45, 2.75) is 6.92 Å². The van der Waals surface area contributed by atoms with Crippen molar-refractivity contribution in [1.82, 2.24) is 10.7 Å². The van der Waals surface area contributed by atoms with Crippen molar-refractivity contribution in [3.8, 4) is 0 Å². The first-order chi connectivity index (χ1) is 11.1. The lowest BCUT2D eigenvalue weighted by atomic mass is 10.1. The van der Waals surface area contributed by atoms with Gasteiger partial charge in [-0.25, -0.2) is 5.43 Å². The smallest absolute Gasteiger partial charge is 0.259 e. The molecule has 0 aliphatic carbocycles. The van der Waals surface area contributed by atoms with Crippen LogP contribution in [-0.4, -0.2) is 24.1 Å². The van der Waals surface area contributed by atoms with Crippen molar-refractivity contribution >= 4 is 33.5 Å². The molecule has 0 aromatic heterocycles. The molecule has 0 saturated carbocycles. The molecule has 23 heavy (non-hydrogen) atoms. The number of benzene rings is 2. The van der Waals surface area contributed by atoms with Crippen molar-refractivity contribution in [3.63, 3.8) is 0 Å². The fourth-order valence-corrected chi connectivity index (χ4v) is 2.06. The zero-order valence-corrected chi connectivity index (χ0v) is 14.1. The van der Waals surface area contributed by atoms with E-state index in [-0.39, 0.29) is 18.4 Å². The summed E-state index contributed by atoms with van der Waals surface area (Å²) in [5, 5.41) is 6.56. The first-order valence-corrected chi connectivity index (χ1v) is 7.78. The fraction of sp³-hybridized carbons (Fsp3) is 0.118. The van der Waals surface area contributed by atoms with Crippen LogP contribution in [0.2, 0.25) is 0 Å². The number of hydrogen-bond acceptors (Lipinski definition) is 3. The van der Waals surface area contributed by atoms with Gasteiger partial charge in [0.25, 0.3) is 11.8 Å². The number of halogens is 1. The van der Waals surface area contributed by atoms with Gasteiger partial charge in [0.05, 0.1) is 12.3 Å². The van der Waals surface area contributed by atoms with Crippen LogP contribution in [0.1, 0.15) is 22.8 Å². The summed E-state index contributed by atoms with van der Waals surface area (Å²) in [6, 6.07) is 16.4. The number of hydrazone groups is 1. The van der Waals surface area contributed by atoms with Gasteiger partial charge in [0.15, 0.2) is 0 Å². The summed E-state index contributed by atoms with van der Waals surface area (Å²) in [6.45, 7) is 1.66. The molecule has 0 spiro atoms. The van der Waals surface area contributed by atoms with Gasteiger partial charge in [-0.1, -0.05) is 46.3 Å². The third-order valence-corrected chi connectivity index (χ3v) is 3.58. The molecule has 118 valence electrons. The summed E-state index contributed by atoms with van der Waals surface area (Å²) in [5.74, 6) is -0.692. The third kappa shape index (κ3) is 5.34. The van der Waals surface area contributed by atoms with Crippen LogP contribution in [0.3, 0.4) is 0 Å². The van der Waals surface area contributed by atoms with Gasteiger partial charge in [0, 0.05) is 10.0 Å². The summed E-state index contributed by atoms with van der Waals surface area (Å²) >= 11 is 3.30. The molecule has 5 nitrogen and oxygen atoms in total. The van der Waals surface area contributed by atoms with E-state index in [1.807, 2.05) is 30.3 Å². The summed E-state index contributed by atoms with van der Waals surface area (Å²) in [7, 11) is 0. The largest absolute Gasteiger partial charge is 0.343 e. The second-order valence-electron chi connectivity index (χ2n) is 4.79. The van der Waals surface area contributed by atoms with Crippen LogP contribution < -0.4 is 10.7 Å². The van der Waals surface area contributed by atoms with Gasteiger partial charge < -0.3 is 5.32 Å². The lowest BCUT2D eigenvalue weighted by molar-refractivity contribution is -0.120. The lowest BCUT2D eigenvalue weighted by Crippen LogP contribution is -2.35. The minimum Gasteiger partial charge on any atom is -0.343 e. The normalized spacial score (nSPS) is 11.0. The Morgan fingerprint density at radius 3 is 2.30 bits per heavy atom. The number of amides is 2. The summed E-state index contributed by atoms with van der Waals surface area (Å²) < 4.78 is 0.887. The highest BCUT2D eigenvalue weighted by atomic mass is 79.9. The molecule has 0 radical (unpaired) electrons. The molecule has 0 saturated heterocycles. The number of hydrogen-bond donors (Lipinski definition) is 2. The monoisotopic (exact) mass is 373 g/mol. The van der Waals surface area contributed by atoms with Gasteiger partial charge in [0.2, 0.25) is 0 Å². The molecule has 0 bridgehead atoms. The lowest BCUT2D eigenvalue weighted by Gasteiger charge is -2.05. The summed E-state index contributed by atoms with van der Waals surface area (Å²) in [5.41, 5.74) is 4.53. The molecule has 2 aromatic rings. The van der Waals surface area contributed by atoms with E-state index in [2.05, 4.69) is 31.8 Å². The molecular formula is C17H16BrN3O2. The maximum atomic E-state index is 11.9. The zero-order chi connectivity index (χ0) is 16.7. The molecule has 0 fully saturated rings. The highest BCUT2D eigenvalue weighted by molar-refractivity contribution is 9.10. The molecule has 6 heteroatoms. The van der Waals surface area contributed by atoms with E-state index in [4.69, 9.17) is 0 Å². The first-order valence-electron chi connectivity index (χ1n) is 6.98. The highest BCUT2D eigenvalue weighted by Crippen LogP contribution is 2.10. The molecule has 2 amide bonds. The SMILES string of the molecule is C/C(=N/NC(=O)CNC(=O)c1ccc(Br)cc1)c1ccccc1. The maximum absolute atomic E-state index is 11.9. The number of nitrogens with zero attached hydrogens (tertiary/aromatic N) is 1. The Morgan fingerprint density at radius 1 is 1.00 bits per heavy atom. The van der Waals surface area contributed by atoms with Crippen LogP contribution in [0, 0.1) is 0 Å². The van der Waals surface area contributed by atoms with Crippen LogP contribution in [0.25, 0.3) is 0 Å². The molecule has 2 rings (SSSR count). The molecular weight excluding hydrogens is 358 g/mol. The molecule has 0 unspecified atom stereocenters. The molecule has 0 atom stereocenters. The van der Waals surface area contributed by atoms with Crippen molar-refractivity contribution < 1.29 is 9.59 Å². The van der Waals surface area contributed by atoms with Crippen LogP contribution in [0.15, 0.2) is 64.2 Å². The van der Waals surface area contributed by atoms with E-state index in [9.17, 15) is 9.59 Å². The minimum atomic E-state index is -0.384. The van der Waals surface area contributed by atoms with Crippen molar-refractivity contribution in [3.05, 3.63) is 70.2 Å². The van der Waals surface area contributed by atoms with Gasteiger partial charge in [-0.2, -0.15) is 5.10 Å². The van der Waals surface area contributed by atoms with E-state index < -0.39 is 0 Å². The van der Waals surface area contributed by atoms with E-state index in [0.29, 0.717) is 11.3 Å². The van der Waals surface area contributed by atoms with Crippen molar-refractivity contribution in [1.29, 1.82) is 0 Å².